The number of para-hydroxylation sites is 1. The van der Waals surface area contributed by atoms with E-state index >= 15 is 8.78 Å². The predicted octanol–water partition coefficient (Wildman–Crippen LogP) is 6.68. The lowest BCUT2D eigenvalue weighted by Crippen LogP contribution is -2.24. The third-order valence-corrected chi connectivity index (χ3v) is 10.5. The normalized spacial score (nSPS) is 18.3. The van der Waals surface area contributed by atoms with Crippen molar-refractivity contribution in [3.8, 4) is 11.1 Å². The number of nitrogen functional groups attached to an aromatic ring is 1. The number of halogens is 6. The lowest BCUT2D eigenvalue weighted by Gasteiger charge is -2.22. The van der Waals surface area contributed by atoms with E-state index in [-0.39, 0.29) is 41.1 Å². The second-order valence-electron chi connectivity index (χ2n) is 13.5. The molecule has 3 aromatic heterocycles. The monoisotopic (exact) mass is 730 g/mol. The molecule has 2 aromatic carbocycles. The van der Waals surface area contributed by atoms with Crippen LogP contribution in [0.15, 0.2) is 42.5 Å². The van der Waals surface area contributed by atoms with Crippen molar-refractivity contribution in [3.63, 3.8) is 0 Å². The van der Waals surface area contributed by atoms with Gasteiger partial charge in [-0.2, -0.15) is 19.0 Å². The molecule has 0 bridgehead atoms. The van der Waals surface area contributed by atoms with E-state index in [0.717, 1.165) is 18.4 Å². The fourth-order valence-corrected chi connectivity index (χ4v) is 8.22. The number of anilines is 1. The Bertz CT molecular complexity index is 2340. The van der Waals surface area contributed by atoms with E-state index in [9.17, 15) is 30.8 Å². The predicted molar refractivity (Wildman–Crippen MR) is 176 cm³/mol. The van der Waals surface area contributed by atoms with E-state index in [0.29, 0.717) is 44.2 Å². The number of carbonyl (C=O) groups excluding carboxylic acids is 1. The van der Waals surface area contributed by atoms with Gasteiger partial charge >= 0.3 is 0 Å². The van der Waals surface area contributed by atoms with Crippen molar-refractivity contribution in [1.29, 1.82) is 0 Å². The zero-order chi connectivity index (χ0) is 36.7. The molecule has 5 aromatic rings. The van der Waals surface area contributed by atoms with Crippen molar-refractivity contribution in [2.24, 2.45) is 13.0 Å². The molecule has 2 aliphatic rings. The second kappa shape index (κ2) is 12.2. The highest BCUT2D eigenvalue weighted by Crippen LogP contribution is 2.68. The lowest BCUT2D eigenvalue weighted by atomic mass is 9.86. The quantitative estimate of drug-likeness (QED) is 0.150. The lowest BCUT2D eigenvalue weighted by molar-refractivity contribution is -0.120. The molecule has 0 amide bonds. The number of aromatic nitrogens is 5. The summed E-state index contributed by atoms with van der Waals surface area (Å²) >= 11 is 0. The molecule has 1 fully saturated rings. The summed E-state index contributed by atoms with van der Waals surface area (Å²) in [5.41, 5.74) is 7.57. The van der Waals surface area contributed by atoms with Gasteiger partial charge in [-0.15, -0.1) is 0 Å². The smallest absolute Gasteiger partial charge is 0.293 e. The van der Waals surface area contributed by atoms with Gasteiger partial charge in [0.2, 0.25) is 0 Å². The minimum atomic E-state index is -3.47. The molecule has 0 spiro atoms. The summed E-state index contributed by atoms with van der Waals surface area (Å²) in [4.78, 5) is 18.6. The zero-order valence-electron chi connectivity index (χ0n) is 27.6. The Hall–Kier alpha value is -4.73. The van der Waals surface area contributed by atoms with E-state index in [1.54, 1.807) is 38.2 Å². The van der Waals surface area contributed by atoms with E-state index in [1.165, 1.54) is 4.68 Å². The highest BCUT2D eigenvalue weighted by molar-refractivity contribution is 7.89. The number of nitrogens with zero attached hydrogens (tertiary/aromatic N) is 5. The molecule has 2 aliphatic carbocycles. The molecule has 3 atom stereocenters. The molecule has 0 saturated heterocycles. The number of aryl methyl sites for hydroxylation is 2. The number of Topliss-reactive ketones (excluding diaryl/α,β-unsaturated/α-hetero) is 1. The van der Waals surface area contributed by atoms with Crippen LogP contribution in [0.2, 0.25) is 0 Å². The maximum Gasteiger partial charge on any atom is 0.293 e. The van der Waals surface area contributed by atoms with Gasteiger partial charge < -0.3 is 5.73 Å². The molecule has 51 heavy (non-hydrogen) atoms. The third-order valence-electron chi connectivity index (χ3n) is 9.67. The summed E-state index contributed by atoms with van der Waals surface area (Å²) in [7, 11) is -1.83. The fourth-order valence-electron chi connectivity index (χ4n) is 7.51. The van der Waals surface area contributed by atoms with Gasteiger partial charge in [0.25, 0.3) is 12.3 Å². The van der Waals surface area contributed by atoms with Crippen LogP contribution in [-0.2, 0) is 46.3 Å². The zero-order valence-corrected chi connectivity index (χ0v) is 28.4. The molecule has 1 saturated carbocycles. The highest BCUT2D eigenvalue weighted by Gasteiger charge is 2.67. The second-order valence-corrected chi connectivity index (χ2v) is 15.7. The Morgan fingerprint density at radius 1 is 1.06 bits per heavy atom. The molecule has 0 radical (unpaired) electrons. The van der Waals surface area contributed by atoms with Crippen LogP contribution < -0.4 is 5.73 Å². The number of benzene rings is 2. The van der Waals surface area contributed by atoms with Crippen LogP contribution in [0.1, 0.15) is 70.7 Å². The van der Waals surface area contributed by atoms with Gasteiger partial charge in [-0.05, 0) is 49.4 Å². The number of pyridine rings is 1. The summed E-state index contributed by atoms with van der Waals surface area (Å²) in [5.74, 6) is -8.92. The number of hydrogen-bond donors (Lipinski definition) is 1. The van der Waals surface area contributed by atoms with Gasteiger partial charge in [0, 0.05) is 59.7 Å². The first kappa shape index (κ1) is 34.7. The Labute approximate surface area is 288 Å². The minimum Gasteiger partial charge on any atom is -0.397 e. The van der Waals surface area contributed by atoms with Crippen molar-refractivity contribution in [3.05, 3.63) is 93.7 Å². The van der Waals surface area contributed by atoms with Crippen molar-refractivity contribution in [1.82, 2.24) is 24.5 Å². The number of fused-ring (bicyclic) bond motifs is 4. The van der Waals surface area contributed by atoms with Crippen LogP contribution in [-0.4, -0.2) is 45.0 Å². The summed E-state index contributed by atoms with van der Waals surface area (Å²) in [6, 6.07) is 9.66. The molecule has 2 N–H and O–H groups in total. The number of alkyl halides is 4. The SMILES string of the molecule is Cc1nc([C@@H](CC(=O)Cn2nc(C(F)F)c3c2C(F)(F)[C@@H]2C[C@H]32)Cc2cc(F)cc(F)c2)c(-c2cccc3c(CS(C)(=O)=O)nn(C)c23)cc1N. The first-order valence-corrected chi connectivity index (χ1v) is 18.1. The number of sulfone groups is 1. The van der Waals surface area contributed by atoms with Crippen LogP contribution in [0.4, 0.5) is 32.0 Å². The number of ketones is 1. The Kier molecular flexibility index (Phi) is 8.30. The first-order chi connectivity index (χ1) is 23.9. The molecular weight excluding hydrogens is 698 g/mol. The standard InChI is InChI=1S/C35H32F6N6O3S/c1-16-27(42)13-24(22-5-4-6-23-28(15-51(3,49)50)44-46(2)32(22)23)30(43-16)18(7-17-8-19(36)11-20(37)9-17)10-21(48)14-47-33-29(31(45-47)34(38)39)25-12-26(25)35(33,40)41/h4-6,8-9,11,13,18,25-26,34H,7,10,12,14-15,42H2,1-3H3/t18-,25+,26-/m1/s1. The van der Waals surface area contributed by atoms with E-state index in [2.05, 4.69) is 10.2 Å². The number of carbonyl (C=O) groups is 1. The van der Waals surface area contributed by atoms with Crippen LogP contribution >= 0.6 is 0 Å². The maximum atomic E-state index is 15.3. The molecule has 0 unspecified atom stereocenters. The minimum absolute atomic E-state index is 0.0652. The first-order valence-electron chi connectivity index (χ1n) is 16.1. The van der Waals surface area contributed by atoms with Gasteiger partial charge in [0.05, 0.1) is 34.0 Å². The molecule has 16 heteroatoms. The van der Waals surface area contributed by atoms with E-state index in [1.807, 2.05) is 0 Å². The highest BCUT2D eigenvalue weighted by atomic mass is 32.2. The maximum absolute atomic E-state index is 15.3. The van der Waals surface area contributed by atoms with Crippen LogP contribution in [0.25, 0.3) is 22.0 Å². The van der Waals surface area contributed by atoms with Crippen molar-refractivity contribution < 1.29 is 39.6 Å². The van der Waals surface area contributed by atoms with Crippen LogP contribution in [0.5, 0.6) is 0 Å². The number of nitrogens with two attached hydrogens (primary N) is 1. The van der Waals surface area contributed by atoms with Crippen LogP contribution in [0, 0.1) is 24.5 Å². The topological polar surface area (TPSA) is 126 Å². The van der Waals surface area contributed by atoms with Crippen LogP contribution in [0.3, 0.4) is 0 Å². The fraction of sp³-hybridized carbons (Fsp3) is 0.371. The largest absolute Gasteiger partial charge is 0.397 e. The summed E-state index contributed by atoms with van der Waals surface area (Å²) in [5, 5.41) is 8.75. The van der Waals surface area contributed by atoms with Gasteiger partial charge in [0.1, 0.15) is 29.6 Å². The Morgan fingerprint density at radius 2 is 1.76 bits per heavy atom. The molecular formula is C35H32F6N6O3S. The number of hydrogen-bond acceptors (Lipinski definition) is 7. The van der Waals surface area contributed by atoms with Gasteiger partial charge in [0.15, 0.2) is 15.6 Å². The Balaban J connectivity index is 1.34. The average Bonchev–Trinajstić information content (AvgIpc) is 3.57. The molecule has 9 nitrogen and oxygen atoms in total. The molecule has 7 rings (SSSR count). The summed E-state index contributed by atoms with van der Waals surface area (Å²) in [6.45, 7) is 0.887. The third kappa shape index (κ3) is 6.27. The van der Waals surface area contributed by atoms with Crippen molar-refractivity contribution >= 4 is 32.2 Å². The van der Waals surface area contributed by atoms with Crippen molar-refractivity contribution in [2.75, 3.05) is 12.0 Å². The van der Waals surface area contributed by atoms with Gasteiger partial charge in [-0.1, -0.05) is 18.2 Å². The van der Waals surface area contributed by atoms with E-state index < -0.39 is 81.7 Å². The average molecular weight is 731 g/mol. The molecule has 0 aliphatic heterocycles. The Morgan fingerprint density at radius 3 is 2.43 bits per heavy atom. The van der Waals surface area contributed by atoms with Gasteiger partial charge in [-0.25, -0.2) is 26.0 Å². The molecule has 268 valence electrons. The number of rotatable bonds is 11. The summed E-state index contributed by atoms with van der Waals surface area (Å²) < 4.78 is 114. The van der Waals surface area contributed by atoms with E-state index in [4.69, 9.17) is 10.7 Å². The summed E-state index contributed by atoms with van der Waals surface area (Å²) in [6.07, 6.45) is -2.50. The molecule has 3 heterocycles. The van der Waals surface area contributed by atoms with Crippen molar-refractivity contribution in [2.45, 2.75) is 62.7 Å². The van der Waals surface area contributed by atoms with Gasteiger partial charge in [-0.3, -0.25) is 19.1 Å².